The fourth-order valence-electron chi connectivity index (χ4n) is 11.1. The highest BCUT2D eigenvalue weighted by Gasteiger charge is 2.48. The zero-order chi connectivity index (χ0) is 45.8. The Hall–Kier alpha value is -5.51. The van der Waals surface area contributed by atoms with Crippen molar-refractivity contribution in [2.45, 2.75) is 99.8 Å². The van der Waals surface area contributed by atoms with Crippen molar-refractivity contribution < 1.29 is 32.7 Å². The van der Waals surface area contributed by atoms with Gasteiger partial charge in [0.15, 0.2) is 0 Å². The van der Waals surface area contributed by atoms with Crippen LogP contribution in [0.15, 0.2) is 95.9 Å². The van der Waals surface area contributed by atoms with E-state index in [1.807, 2.05) is 67.5 Å². The molecule has 1 aliphatic carbocycles. The number of carbonyl (C=O) groups is 4. The Labute approximate surface area is 383 Å². The van der Waals surface area contributed by atoms with Gasteiger partial charge in [-0.05, 0) is 93.3 Å². The van der Waals surface area contributed by atoms with Crippen LogP contribution in [0.25, 0.3) is 10.8 Å². The Bertz CT molecular complexity index is 2460. The highest BCUT2D eigenvalue weighted by atomic mass is 32.2. The number of aromatic hydroxyl groups is 1. The van der Waals surface area contributed by atoms with Gasteiger partial charge in [0.25, 0.3) is 0 Å². The van der Waals surface area contributed by atoms with Crippen LogP contribution in [0.3, 0.4) is 0 Å². The number of hydrogen-bond donors (Lipinski definition) is 3. The average molecular weight is 906 g/mol. The molecule has 0 spiro atoms. The number of benzene rings is 4. The molecule has 3 heterocycles. The van der Waals surface area contributed by atoms with E-state index < -0.39 is 39.7 Å². The molecule has 3 saturated heterocycles. The maximum Gasteiger partial charge on any atom is 0.312 e. The second-order valence-corrected chi connectivity index (χ2v) is 20.3. The number of nitrogens with zero attached hydrogens (tertiary/aromatic N) is 5. The lowest BCUT2D eigenvalue weighted by Crippen LogP contribution is -2.67. The van der Waals surface area contributed by atoms with E-state index in [-0.39, 0.29) is 60.4 Å². The lowest BCUT2D eigenvalue weighted by molar-refractivity contribution is -0.162. The molecule has 8 rings (SSSR count). The zero-order valence-electron chi connectivity index (χ0n) is 37.8. The Morgan fingerprint density at radius 3 is 2.17 bits per heavy atom. The van der Waals surface area contributed by atoms with Crippen molar-refractivity contribution in [2.24, 2.45) is 5.92 Å². The summed E-state index contributed by atoms with van der Waals surface area (Å²) in [6.45, 7) is 3.72. The smallest absolute Gasteiger partial charge is 0.312 e. The predicted molar refractivity (Wildman–Crippen MR) is 251 cm³/mol. The number of amides is 4. The molecule has 14 nitrogen and oxygen atoms in total. The van der Waals surface area contributed by atoms with E-state index in [0.717, 1.165) is 73.7 Å². The van der Waals surface area contributed by atoms with Crippen LogP contribution in [0.1, 0.15) is 63.0 Å². The molecular formula is C50H63N7O7S. The van der Waals surface area contributed by atoms with Crippen LogP contribution in [0.2, 0.25) is 0 Å². The molecule has 0 bridgehead atoms. The Morgan fingerprint density at radius 1 is 0.738 bits per heavy atom. The summed E-state index contributed by atoms with van der Waals surface area (Å²) in [6.07, 6.45) is 8.03. The summed E-state index contributed by atoms with van der Waals surface area (Å²) in [5.74, 6) is -2.02. The first kappa shape index (κ1) is 46.0. The van der Waals surface area contributed by atoms with Gasteiger partial charge in [-0.15, -0.1) is 0 Å². The van der Waals surface area contributed by atoms with Crippen molar-refractivity contribution in [1.82, 2.24) is 29.6 Å². The van der Waals surface area contributed by atoms with Crippen molar-refractivity contribution >= 4 is 50.1 Å². The second kappa shape index (κ2) is 19.9. The fraction of sp³-hybridized carbons (Fsp3) is 0.480. The van der Waals surface area contributed by atoms with E-state index in [2.05, 4.69) is 21.9 Å². The maximum absolute atomic E-state index is 14.6. The number of fused-ring (bicyclic) bond motifs is 1. The minimum absolute atomic E-state index is 0.0235. The van der Waals surface area contributed by atoms with Crippen LogP contribution in [-0.4, -0.2) is 140 Å². The van der Waals surface area contributed by atoms with Crippen LogP contribution < -0.4 is 14.9 Å². The Balaban J connectivity index is 1.04. The molecule has 4 fully saturated rings. The third kappa shape index (κ3) is 10.0. The minimum atomic E-state index is -4.02. The Kier molecular flexibility index (Phi) is 14.1. The summed E-state index contributed by atoms with van der Waals surface area (Å²) in [7, 11) is -0.208. The van der Waals surface area contributed by atoms with E-state index in [1.54, 1.807) is 52.3 Å². The number of nitrogens with one attached hydrogen (secondary N) is 2. The number of carbonyl (C=O) groups excluding carboxylic acids is 4. The molecule has 4 amide bonds. The van der Waals surface area contributed by atoms with Crippen LogP contribution in [-0.2, 0) is 42.0 Å². The monoisotopic (exact) mass is 905 g/mol. The van der Waals surface area contributed by atoms with Crippen molar-refractivity contribution in [1.29, 1.82) is 0 Å². The van der Waals surface area contributed by atoms with Crippen molar-refractivity contribution in [3.8, 4) is 5.75 Å². The van der Waals surface area contributed by atoms with Crippen molar-refractivity contribution in [3.05, 3.63) is 102 Å². The van der Waals surface area contributed by atoms with Crippen LogP contribution in [0.4, 0.5) is 5.69 Å². The highest BCUT2D eigenvalue weighted by Crippen LogP contribution is 2.37. The molecule has 1 saturated carbocycles. The summed E-state index contributed by atoms with van der Waals surface area (Å²) in [4.78, 5) is 65.1. The molecule has 1 unspecified atom stereocenters. The van der Waals surface area contributed by atoms with Gasteiger partial charge in [-0.3, -0.25) is 24.1 Å². The second-order valence-electron chi connectivity index (χ2n) is 18.6. The molecule has 346 valence electrons. The zero-order valence-corrected chi connectivity index (χ0v) is 38.6. The normalized spacial score (nSPS) is 22.4. The van der Waals surface area contributed by atoms with Crippen molar-refractivity contribution in [2.75, 3.05) is 58.3 Å². The van der Waals surface area contributed by atoms with Crippen molar-refractivity contribution in [3.63, 3.8) is 0 Å². The van der Waals surface area contributed by atoms with Gasteiger partial charge in [0.2, 0.25) is 10.0 Å². The predicted octanol–water partition coefficient (Wildman–Crippen LogP) is 4.54. The highest BCUT2D eigenvalue weighted by molar-refractivity contribution is 7.89. The number of rotatable bonds is 16. The van der Waals surface area contributed by atoms with Gasteiger partial charge in [0.05, 0.1) is 17.0 Å². The Morgan fingerprint density at radius 2 is 1.43 bits per heavy atom. The largest absolute Gasteiger partial charge is 0.508 e. The van der Waals surface area contributed by atoms with E-state index in [1.165, 1.54) is 4.90 Å². The standard InChI is InChI=1S/C50H63N7O7S/c1-34(46(37-15-8-5-9-16-37)54-27-12-17-38(54)32-57-39(31-51-47(59)48(57)60)29-35-13-6-4-7-14-35)56-33-40(30-36-22-24-41(58)25-23-36)55(49(61)50(56)62)28-26-52-65(63,64)45-21-11-18-42-43(45)19-10-20-44(42)53(2)3/h4,6-7,10-11,13-14,18-25,34,37-40,46,52,58H,5,8-9,12,15-17,26-33H2,1-3H3,(H,51,59)/t34?,38-,39-,40-,46-/m0/s1. The van der Waals surface area contributed by atoms with E-state index >= 15 is 0 Å². The average Bonchev–Trinajstić information content (AvgIpc) is 3.76. The minimum Gasteiger partial charge on any atom is -0.508 e. The lowest BCUT2D eigenvalue weighted by atomic mass is 9.79. The molecule has 4 aliphatic rings. The van der Waals surface area contributed by atoms with Gasteiger partial charge in [-0.2, -0.15) is 0 Å². The number of phenolic OH excluding ortho intramolecular Hbond substituents is 1. The SMILES string of the molecule is CC([C@@H](C1CCCCC1)N1CCC[C@H]1CN1C(=O)C(=O)NC[C@@H]1Cc1ccccc1)N1C[C@H](Cc2ccc(O)cc2)N(CCNS(=O)(=O)c2cccc3c(N(C)C)cccc23)C(=O)C1=O. The summed E-state index contributed by atoms with van der Waals surface area (Å²) >= 11 is 0. The summed E-state index contributed by atoms with van der Waals surface area (Å²) in [5.41, 5.74) is 2.84. The van der Waals surface area contributed by atoms with Crippen LogP contribution >= 0.6 is 0 Å². The number of phenols is 1. The van der Waals surface area contributed by atoms with Crippen LogP contribution in [0, 0.1) is 5.92 Å². The number of anilines is 1. The number of likely N-dealkylation sites (tertiary alicyclic amines) is 1. The van der Waals surface area contributed by atoms with Gasteiger partial charge in [0.1, 0.15) is 5.75 Å². The van der Waals surface area contributed by atoms with Gasteiger partial charge >= 0.3 is 23.6 Å². The molecule has 5 atom stereocenters. The first-order valence-corrected chi connectivity index (χ1v) is 24.8. The van der Waals surface area contributed by atoms with Gasteiger partial charge in [-0.1, -0.05) is 86.0 Å². The van der Waals surface area contributed by atoms with E-state index in [4.69, 9.17) is 0 Å². The van der Waals surface area contributed by atoms with E-state index in [9.17, 15) is 32.7 Å². The maximum atomic E-state index is 14.6. The quantitative estimate of drug-likeness (QED) is 0.137. The molecule has 0 aromatic heterocycles. The fourth-order valence-corrected chi connectivity index (χ4v) is 12.3. The third-order valence-corrected chi connectivity index (χ3v) is 15.8. The molecule has 4 aromatic rings. The lowest BCUT2D eigenvalue weighted by Gasteiger charge is -2.50. The third-order valence-electron chi connectivity index (χ3n) is 14.3. The molecule has 4 aromatic carbocycles. The van der Waals surface area contributed by atoms with E-state index in [0.29, 0.717) is 31.3 Å². The summed E-state index contributed by atoms with van der Waals surface area (Å²) in [5, 5.41) is 14.3. The molecule has 15 heteroatoms. The van der Waals surface area contributed by atoms with Gasteiger partial charge in [-0.25, -0.2) is 13.1 Å². The molecule has 3 aliphatic heterocycles. The van der Waals surface area contributed by atoms with Crippen LogP contribution in [0.5, 0.6) is 5.75 Å². The molecule has 65 heavy (non-hydrogen) atoms. The number of hydrogen-bond acceptors (Lipinski definition) is 9. The summed E-state index contributed by atoms with van der Waals surface area (Å²) in [6, 6.07) is 26.4. The molecular weight excluding hydrogens is 843 g/mol. The molecule has 0 radical (unpaired) electrons. The number of sulfonamides is 1. The van der Waals surface area contributed by atoms with Gasteiger partial charge < -0.3 is 30.0 Å². The summed E-state index contributed by atoms with van der Waals surface area (Å²) < 4.78 is 30.6. The molecule has 3 N–H and O–H groups in total. The topological polar surface area (TPSA) is 163 Å². The van der Waals surface area contributed by atoms with Gasteiger partial charge in [0, 0.05) is 81.4 Å². The number of piperazine rings is 2. The first-order chi connectivity index (χ1) is 31.3. The first-order valence-electron chi connectivity index (χ1n) is 23.3.